The molecule has 3 nitrogen and oxygen atoms in total. The third-order valence-corrected chi connectivity index (χ3v) is 9.42. The van der Waals surface area contributed by atoms with Crippen molar-refractivity contribution in [3.05, 3.63) is 164 Å². The summed E-state index contributed by atoms with van der Waals surface area (Å²) in [4.78, 5) is 0. The number of para-hydroxylation sites is 6. The van der Waals surface area contributed by atoms with Crippen molar-refractivity contribution in [2.45, 2.75) is 0 Å². The second-order valence-electron chi connectivity index (χ2n) is 11.8. The van der Waals surface area contributed by atoms with Crippen molar-refractivity contribution in [2.24, 2.45) is 0 Å². The number of hydrogen-bond donors (Lipinski definition) is 0. The topological polar surface area (TPSA) is 14.8 Å². The maximum atomic E-state index is 2.47. The Kier molecular flexibility index (Phi) is 5.00. The van der Waals surface area contributed by atoms with E-state index in [2.05, 4.69) is 177 Å². The summed E-state index contributed by atoms with van der Waals surface area (Å²) in [6, 6.07) is 59.5. The van der Waals surface area contributed by atoms with E-state index in [4.69, 9.17) is 0 Å². The van der Waals surface area contributed by atoms with Crippen LogP contribution >= 0.6 is 0 Å². The Labute approximate surface area is 259 Å². The molecular weight excluding hydrogens is 546 g/mol. The largest absolute Gasteiger partial charge is 0.309 e. The van der Waals surface area contributed by atoms with Crippen LogP contribution in [0.1, 0.15) is 0 Å². The van der Waals surface area contributed by atoms with Crippen molar-refractivity contribution in [3.63, 3.8) is 0 Å². The minimum Gasteiger partial charge on any atom is -0.309 e. The van der Waals surface area contributed by atoms with Crippen molar-refractivity contribution in [1.29, 1.82) is 0 Å². The minimum absolute atomic E-state index is 1.15. The summed E-state index contributed by atoms with van der Waals surface area (Å²) in [6.07, 6.45) is 0. The molecule has 3 heterocycles. The summed E-state index contributed by atoms with van der Waals surface area (Å²) in [5.41, 5.74) is 10.7. The van der Waals surface area contributed by atoms with Gasteiger partial charge in [0.15, 0.2) is 0 Å². The lowest BCUT2D eigenvalue weighted by molar-refractivity contribution is 1.12. The number of nitrogens with zero attached hydrogens (tertiary/aromatic N) is 3. The number of benzene rings is 7. The molecule has 0 saturated heterocycles. The van der Waals surface area contributed by atoms with Gasteiger partial charge in [0.2, 0.25) is 0 Å². The molecular formula is C42H27N3. The summed E-state index contributed by atoms with van der Waals surface area (Å²) >= 11 is 0. The highest BCUT2D eigenvalue weighted by Gasteiger charge is 2.20. The molecule has 0 atom stereocenters. The standard InChI is InChI=1S/C42H27N3/c1-2-13-28(14-3-1)44-38-22-10-7-18-33(38)35-19-12-24-40(42(35)44)45-39-23-11-6-17-32(39)34-26-25-29(27-41(34)45)43-36-20-8-4-15-30(36)31-16-5-9-21-37(31)43/h1-27H. The van der Waals surface area contributed by atoms with Gasteiger partial charge >= 0.3 is 0 Å². The average Bonchev–Trinajstić information content (AvgIpc) is 3.74. The summed E-state index contributed by atoms with van der Waals surface area (Å²) in [5.74, 6) is 0. The molecule has 0 N–H and O–H groups in total. The third-order valence-electron chi connectivity index (χ3n) is 9.42. The molecule has 210 valence electrons. The molecule has 0 aliphatic carbocycles. The molecule has 0 amide bonds. The summed E-state index contributed by atoms with van der Waals surface area (Å²) in [7, 11) is 0. The van der Waals surface area contributed by atoms with Crippen LogP contribution in [0.5, 0.6) is 0 Å². The van der Waals surface area contributed by atoms with Gasteiger partial charge in [-0.3, -0.25) is 0 Å². The zero-order chi connectivity index (χ0) is 29.5. The quantitative estimate of drug-likeness (QED) is 0.200. The molecule has 7 aromatic carbocycles. The smallest absolute Gasteiger partial charge is 0.0782 e. The molecule has 0 fully saturated rings. The third kappa shape index (κ3) is 3.35. The van der Waals surface area contributed by atoms with E-state index in [1.807, 2.05) is 0 Å². The monoisotopic (exact) mass is 573 g/mol. The Morgan fingerprint density at radius 3 is 1.36 bits per heavy atom. The van der Waals surface area contributed by atoms with Gasteiger partial charge in [-0.1, -0.05) is 109 Å². The Hall–Kier alpha value is -6.06. The van der Waals surface area contributed by atoms with E-state index in [0.29, 0.717) is 0 Å². The Morgan fingerprint density at radius 1 is 0.267 bits per heavy atom. The first-order valence-electron chi connectivity index (χ1n) is 15.5. The second kappa shape index (κ2) is 9.22. The molecule has 3 heteroatoms. The van der Waals surface area contributed by atoms with Crippen molar-refractivity contribution in [2.75, 3.05) is 0 Å². The Morgan fingerprint density at radius 2 is 0.733 bits per heavy atom. The van der Waals surface area contributed by atoms with Crippen LogP contribution < -0.4 is 0 Å². The van der Waals surface area contributed by atoms with Crippen LogP contribution in [0.3, 0.4) is 0 Å². The van der Waals surface area contributed by atoms with E-state index < -0.39 is 0 Å². The zero-order valence-electron chi connectivity index (χ0n) is 24.4. The van der Waals surface area contributed by atoms with E-state index in [1.165, 1.54) is 65.4 Å². The second-order valence-corrected chi connectivity index (χ2v) is 11.8. The first kappa shape index (κ1) is 24.4. The molecule has 0 bridgehead atoms. The summed E-state index contributed by atoms with van der Waals surface area (Å²) < 4.78 is 7.31. The number of rotatable bonds is 3. The van der Waals surface area contributed by atoms with Gasteiger partial charge in [0.05, 0.1) is 38.8 Å². The van der Waals surface area contributed by atoms with Gasteiger partial charge in [0.1, 0.15) is 0 Å². The van der Waals surface area contributed by atoms with Crippen LogP contribution in [0.4, 0.5) is 0 Å². The van der Waals surface area contributed by atoms with Crippen molar-refractivity contribution in [1.82, 2.24) is 13.7 Å². The lowest BCUT2D eigenvalue weighted by Gasteiger charge is -2.15. The van der Waals surface area contributed by atoms with Crippen molar-refractivity contribution >= 4 is 65.4 Å². The molecule has 3 aromatic heterocycles. The number of aromatic nitrogens is 3. The van der Waals surface area contributed by atoms with Gasteiger partial charge in [-0.15, -0.1) is 0 Å². The molecule has 0 radical (unpaired) electrons. The molecule has 0 unspecified atom stereocenters. The summed E-state index contributed by atoms with van der Waals surface area (Å²) in [5, 5.41) is 7.54. The van der Waals surface area contributed by atoms with Crippen LogP contribution in [0, 0.1) is 0 Å². The molecule has 0 saturated carbocycles. The fraction of sp³-hybridized carbons (Fsp3) is 0. The van der Waals surface area contributed by atoms with E-state index in [9.17, 15) is 0 Å². The predicted molar refractivity (Wildman–Crippen MR) is 189 cm³/mol. The van der Waals surface area contributed by atoms with E-state index in [0.717, 1.165) is 17.1 Å². The van der Waals surface area contributed by atoms with E-state index >= 15 is 0 Å². The van der Waals surface area contributed by atoms with Crippen molar-refractivity contribution in [3.8, 4) is 17.1 Å². The zero-order valence-corrected chi connectivity index (χ0v) is 24.4. The van der Waals surface area contributed by atoms with Crippen LogP contribution in [0.15, 0.2) is 164 Å². The van der Waals surface area contributed by atoms with Gasteiger partial charge in [-0.2, -0.15) is 0 Å². The first-order chi connectivity index (χ1) is 22.4. The van der Waals surface area contributed by atoms with E-state index in [-0.39, 0.29) is 0 Å². The minimum atomic E-state index is 1.15. The van der Waals surface area contributed by atoms with Crippen LogP contribution in [-0.4, -0.2) is 13.7 Å². The maximum Gasteiger partial charge on any atom is 0.0782 e. The van der Waals surface area contributed by atoms with Crippen LogP contribution in [-0.2, 0) is 0 Å². The Balaban J connectivity index is 1.36. The van der Waals surface area contributed by atoms with Crippen molar-refractivity contribution < 1.29 is 0 Å². The van der Waals surface area contributed by atoms with Gasteiger partial charge in [0.25, 0.3) is 0 Å². The SMILES string of the molecule is c1ccc(-n2c3ccccc3c3cccc(-n4c5ccccc5c5ccc(-n6c7ccccc7c7ccccc76)cc54)c32)cc1. The molecule has 10 rings (SSSR count). The lowest BCUT2D eigenvalue weighted by Crippen LogP contribution is -2.01. The predicted octanol–water partition coefficient (Wildman–Crippen LogP) is 11.0. The fourth-order valence-corrected chi connectivity index (χ4v) is 7.58. The summed E-state index contributed by atoms with van der Waals surface area (Å²) in [6.45, 7) is 0. The van der Waals surface area contributed by atoms with Crippen LogP contribution in [0.25, 0.3) is 82.5 Å². The van der Waals surface area contributed by atoms with Gasteiger partial charge in [0, 0.05) is 43.7 Å². The molecule has 10 aromatic rings. The van der Waals surface area contributed by atoms with E-state index in [1.54, 1.807) is 0 Å². The van der Waals surface area contributed by atoms with Gasteiger partial charge < -0.3 is 13.7 Å². The highest BCUT2D eigenvalue weighted by Crippen LogP contribution is 2.40. The Bertz CT molecular complexity index is 2700. The molecule has 45 heavy (non-hydrogen) atoms. The van der Waals surface area contributed by atoms with Gasteiger partial charge in [-0.25, -0.2) is 0 Å². The first-order valence-corrected chi connectivity index (χ1v) is 15.5. The molecule has 0 aliphatic heterocycles. The molecule has 0 aliphatic rings. The normalized spacial score (nSPS) is 12.0. The average molecular weight is 574 g/mol. The maximum absolute atomic E-state index is 2.47. The fourth-order valence-electron chi connectivity index (χ4n) is 7.58. The lowest BCUT2D eigenvalue weighted by atomic mass is 10.1. The molecule has 0 spiro atoms. The highest BCUT2D eigenvalue weighted by molar-refractivity contribution is 6.15. The van der Waals surface area contributed by atoms with Crippen LogP contribution in [0.2, 0.25) is 0 Å². The highest BCUT2D eigenvalue weighted by atomic mass is 15.1. The number of fused-ring (bicyclic) bond motifs is 9. The van der Waals surface area contributed by atoms with Gasteiger partial charge in [-0.05, 0) is 54.6 Å². The number of hydrogen-bond acceptors (Lipinski definition) is 0.